The maximum Gasteiger partial charge on any atom is 0.416 e. The Morgan fingerprint density at radius 2 is 2.06 bits per heavy atom. The number of carbonyl (C=O) groups is 1. The highest BCUT2D eigenvalue weighted by molar-refractivity contribution is 5.91. The minimum absolute atomic E-state index is 0.0633. The summed E-state index contributed by atoms with van der Waals surface area (Å²) in [5.74, 6) is -1.54. The van der Waals surface area contributed by atoms with Gasteiger partial charge in [0.2, 0.25) is 5.91 Å². The van der Waals surface area contributed by atoms with Crippen LogP contribution in [0.1, 0.15) is 12.0 Å². The molecule has 1 N–H and O–H groups in total. The van der Waals surface area contributed by atoms with Crippen molar-refractivity contribution in [2.45, 2.75) is 12.6 Å². The average molecular weight is 265 g/mol. The van der Waals surface area contributed by atoms with Gasteiger partial charge in [-0.05, 0) is 18.2 Å². The van der Waals surface area contributed by atoms with Crippen LogP contribution in [-0.2, 0) is 15.7 Å². The van der Waals surface area contributed by atoms with Gasteiger partial charge in [-0.25, -0.2) is 4.39 Å². The van der Waals surface area contributed by atoms with E-state index in [1.807, 2.05) is 0 Å². The molecule has 1 amide bonds. The predicted octanol–water partition coefficient (Wildman–Crippen LogP) is 2.82. The fourth-order valence-electron chi connectivity index (χ4n) is 1.20. The standard InChI is InChI=1S/C11H11F4NO2/c1-18-5-4-10(17)16-9-6-7(11(13,14)15)2-3-8(9)12/h2-3,6H,4-5H2,1H3,(H,16,17). The zero-order chi connectivity index (χ0) is 13.8. The Kier molecular flexibility index (Phi) is 4.66. The van der Waals surface area contributed by atoms with Crippen molar-refractivity contribution < 1.29 is 27.1 Å². The molecule has 1 rings (SSSR count). The molecule has 0 unspecified atom stereocenters. The fourth-order valence-corrected chi connectivity index (χ4v) is 1.20. The molecule has 0 heterocycles. The Bertz CT molecular complexity index is 432. The summed E-state index contributed by atoms with van der Waals surface area (Å²) in [6.45, 7) is 0.104. The first kappa shape index (κ1) is 14.4. The molecular weight excluding hydrogens is 254 g/mol. The number of benzene rings is 1. The van der Waals surface area contributed by atoms with Gasteiger partial charge < -0.3 is 10.1 Å². The third-order valence-corrected chi connectivity index (χ3v) is 2.10. The summed E-state index contributed by atoms with van der Waals surface area (Å²) in [5.41, 5.74) is -1.52. The van der Waals surface area contributed by atoms with Crippen molar-refractivity contribution in [3.63, 3.8) is 0 Å². The van der Waals surface area contributed by atoms with Crippen LogP contribution in [0.3, 0.4) is 0 Å². The van der Waals surface area contributed by atoms with Crippen molar-refractivity contribution in [3.05, 3.63) is 29.6 Å². The van der Waals surface area contributed by atoms with E-state index in [4.69, 9.17) is 0 Å². The van der Waals surface area contributed by atoms with Gasteiger partial charge in [-0.2, -0.15) is 13.2 Å². The maximum absolute atomic E-state index is 13.2. The Labute approximate surface area is 101 Å². The Hall–Kier alpha value is -1.63. The summed E-state index contributed by atoms with van der Waals surface area (Å²) in [7, 11) is 1.37. The molecule has 0 bridgehead atoms. The number of halogens is 4. The van der Waals surface area contributed by atoms with Crippen molar-refractivity contribution in [1.29, 1.82) is 0 Å². The number of carbonyl (C=O) groups excluding carboxylic acids is 1. The molecule has 1 aromatic carbocycles. The second-order valence-electron chi connectivity index (χ2n) is 3.48. The van der Waals surface area contributed by atoms with E-state index in [2.05, 4.69) is 10.1 Å². The number of ether oxygens (including phenoxy) is 1. The molecule has 100 valence electrons. The van der Waals surface area contributed by atoms with E-state index >= 15 is 0 Å². The number of anilines is 1. The summed E-state index contributed by atoms with van der Waals surface area (Å²) >= 11 is 0. The van der Waals surface area contributed by atoms with Gasteiger partial charge in [0.25, 0.3) is 0 Å². The summed E-state index contributed by atoms with van der Waals surface area (Å²) in [4.78, 5) is 11.2. The molecule has 0 aliphatic rings. The zero-order valence-corrected chi connectivity index (χ0v) is 9.47. The molecule has 3 nitrogen and oxygen atoms in total. The van der Waals surface area contributed by atoms with Crippen molar-refractivity contribution >= 4 is 11.6 Å². The van der Waals surface area contributed by atoms with Gasteiger partial charge in [-0.15, -0.1) is 0 Å². The number of methoxy groups -OCH3 is 1. The van der Waals surface area contributed by atoms with E-state index in [0.29, 0.717) is 18.2 Å². The molecule has 18 heavy (non-hydrogen) atoms. The highest BCUT2D eigenvalue weighted by Crippen LogP contribution is 2.31. The van der Waals surface area contributed by atoms with E-state index in [0.717, 1.165) is 0 Å². The zero-order valence-electron chi connectivity index (χ0n) is 9.47. The first-order valence-corrected chi connectivity index (χ1v) is 5.00. The van der Waals surface area contributed by atoms with Crippen LogP contribution in [0.4, 0.5) is 23.2 Å². The van der Waals surface area contributed by atoms with Gasteiger partial charge in [0.15, 0.2) is 0 Å². The molecule has 0 aromatic heterocycles. The molecule has 0 atom stereocenters. The third-order valence-electron chi connectivity index (χ3n) is 2.10. The van der Waals surface area contributed by atoms with Crippen LogP contribution in [0.5, 0.6) is 0 Å². The van der Waals surface area contributed by atoms with Gasteiger partial charge in [-0.1, -0.05) is 0 Å². The van der Waals surface area contributed by atoms with Gasteiger partial charge in [0.05, 0.1) is 24.3 Å². The molecule has 0 fully saturated rings. The first-order chi connectivity index (χ1) is 8.34. The summed E-state index contributed by atoms with van der Waals surface area (Å²) in [5, 5.41) is 2.06. The van der Waals surface area contributed by atoms with E-state index in [1.54, 1.807) is 0 Å². The van der Waals surface area contributed by atoms with E-state index in [-0.39, 0.29) is 13.0 Å². The molecule has 0 radical (unpaired) electrons. The lowest BCUT2D eigenvalue weighted by Gasteiger charge is -2.10. The number of alkyl halides is 3. The molecule has 0 spiro atoms. The topological polar surface area (TPSA) is 38.3 Å². The highest BCUT2D eigenvalue weighted by Gasteiger charge is 2.31. The molecule has 0 aliphatic heterocycles. The average Bonchev–Trinajstić information content (AvgIpc) is 2.28. The Morgan fingerprint density at radius 3 is 2.61 bits per heavy atom. The van der Waals surface area contributed by atoms with Crippen molar-refractivity contribution in [2.75, 3.05) is 19.0 Å². The van der Waals surface area contributed by atoms with Gasteiger partial charge in [-0.3, -0.25) is 4.79 Å². The van der Waals surface area contributed by atoms with E-state index < -0.39 is 29.2 Å². The van der Waals surface area contributed by atoms with Gasteiger partial charge in [0, 0.05) is 7.11 Å². The number of hydrogen-bond acceptors (Lipinski definition) is 2. The van der Waals surface area contributed by atoms with E-state index in [1.165, 1.54) is 7.11 Å². The Balaban J connectivity index is 2.85. The quantitative estimate of drug-likeness (QED) is 0.850. The highest BCUT2D eigenvalue weighted by atomic mass is 19.4. The third kappa shape index (κ3) is 3.99. The molecule has 0 saturated heterocycles. The number of nitrogens with one attached hydrogen (secondary N) is 1. The lowest BCUT2D eigenvalue weighted by Crippen LogP contribution is -2.15. The van der Waals surface area contributed by atoms with Crippen molar-refractivity contribution in [1.82, 2.24) is 0 Å². The van der Waals surface area contributed by atoms with Crippen molar-refractivity contribution in [3.8, 4) is 0 Å². The molecule has 0 saturated carbocycles. The molecule has 7 heteroatoms. The molecular formula is C11H11F4NO2. The fraction of sp³-hybridized carbons (Fsp3) is 0.364. The number of rotatable bonds is 4. The number of amides is 1. The summed E-state index contributed by atoms with van der Waals surface area (Å²) in [6.07, 6.45) is -4.65. The Morgan fingerprint density at radius 1 is 1.39 bits per heavy atom. The summed E-state index contributed by atoms with van der Waals surface area (Å²) < 4.78 is 55.0. The summed E-state index contributed by atoms with van der Waals surface area (Å²) in [6, 6.07) is 1.83. The second-order valence-corrected chi connectivity index (χ2v) is 3.48. The normalized spacial score (nSPS) is 11.4. The largest absolute Gasteiger partial charge is 0.416 e. The maximum atomic E-state index is 13.2. The van der Waals surface area contributed by atoms with Crippen LogP contribution in [0.2, 0.25) is 0 Å². The predicted molar refractivity (Wildman–Crippen MR) is 56.5 cm³/mol. The monoisotopic (exact) mass is 265 g/mol. The van der Waals surface area contributed by atoms with Gasteiger partial charge >= 0.3 is 6.18 Å². The van der Waals surface area contributed by atoms with Crippen LogP contribution in [-0.4, -0.2) is 19.6 Å². The SMILES string of the molecule is COCCC(=O)Nc1cc(C(F)(F)F)ccc1F. The van der Waals surface area contributed by atoms with Crippen molar-refractivity contribution in [2.24, 2.45) is 0 Å². The van der Waals surface area contributed by atoms with Crippen LogP contribution in [0, 0.1) is 5.82 Å². The van der Waals surface area contributed by atoms with Crippen LogP contribution in [0.25, 0.3) is 0 Å². The first-order valence-electron chi connectivity index (χ1n) is 5.00. The molecule has 0 aliphatic carbocycles. The van der Waals surface area contributed by atoms with Crippen LogP contribution in [0.15, 0.2) is 18.2 Å². The lowest BCUT2D eigenvalue weighted by molar-refractivity contribution is -0.137. The number of hydrogen-bond donors (Lipinski definition) is 1. The second kappa shape index (κ2) is 5.81. The van der Waals surface area contributed by atoms with Crippen LogP contribution < -0.4 is 5.32 Å². The minimum Gasteiger partial charge on any atom is -0.384 e. The van der Waals surface area contributed by atoms with Crippen LogP contribution >= 0.6 is 0 Å². The smallest absolute Gasteiger partial charge is 0.384 e. The lowest BCUT2D eigenvalue weighted by atomic mass is 10.2. The minimum atomic E-state index is -4.58. The molecule has 1 aromatic rings. The van der Waals surface area contributed by atoms with E-state index in [9.17, 15) is 22.4 Å². The van der Waals surface area contributed by atoms with Gasteiger partial charge in [0.1, 0.15) is 5.82 Å².